The maximum atomic E-state index is 12.6. The van der Waals surface area contributed by atoms with E-state index >= 15 is 0 Å². The van der Waals surface area contributed by atoms with Crippen molar-refractivity contribution in [3.63, 3.8) is 0 Å². The molecule has 0 fully saturated rings. The highest BCUT2D eigenvalue weighted by Crippen LogP contribution is 2.14. The minimum absolute atomic E-state index is 0.186. The molecule has 0 aliphatic carbocycles. The molecule has 0 saturated carbocycles. The number of benzene rings is 1. The molecule has 0 aliphatic heterocycles. The Labute approximate surface area is 136 Å². The molecule has 4 aromatic rings. The van der Waals surface area contributed by atoms with E-state index in [2.05, 4.69) is 25.6 Å². The van der Waals surface area contributed by atoms with E-state index in [1.807, 2.05) is 24.4 Å². The maximum Gasteiger partial charge on any atom is 0.253 e. The molecule has 3 aromatic heterocycles. The summed E-state index contributed by atoms with van der Waals surface area (Å²) in [6.07, 6.45) is 8.33. The molecule has 3 heterocycles. The summed E-state index contributed by atoms with van der Waals surface area (Å²) in [4.78, 5) is 16.9. The lowest BCUT2D eigenvalue weighted by molar-refractivity contribution is 0.0951. The lowest BCUT2D eigenvalue weighted by Gasteiger charge is -2.09. The van der Waals surface area contributed by atoms with E-state index in [-0.39, 0.29) is 5.91 Å². The monoisotopic (exact) mass is 319 g/mol. The number of para-hydroxylation sites is 1. The van der Waals surface area contributed by atoms with Crippen LogP contribution in [0.25, 0.3) is 11.3 Å². The van der Waals surface area contributed by atoms with Gasteiger partial charge in [0.25, 0.3) is 5.91 Å². The van der Waals surface area contributed by atoms with Gasteiger partial charge >= 0.3 is 0 Å². The van der Waals surface area contributed by atoms with Gasteiger partial charge in [0.15, 0.2) is 5.65 Å². The predicted octanol–water partition coefficient (Wildman–Crippen LogP) is 1.24. The van der Waals surface area contributed by atoms with Crippen LogP contribution in [0.3, 0.4) is 0 Å². The number of amides is 1. The second-order valence-corrected chi connectivity index (χ2v) is 5.13. The van der Waals surface area contributed by atoms with Crippen LogP contribution >= 0.6 is 0 Å². The van der Waals surface area contributed by atoms with Gasteiger partial charge in [-0.2, -0.15) is 5.10 Å². The molecule has 0 radical (unpaired) electrons. The summed E-state index contributed by atoms with van der Waals surface area (Å²) in [7, 11) is 0. The molecular formula is C16H13N7O. The summed E-state index contributed by atoms with van der Waals surface area (Å²) >= 11 is 0. The Morgan fingerprint density at radius 2 is 1.96 bits per heavy atom. The van der Waals surface area contributed by atoms with Crippen molar-refractivity contribution in [3.8, 4) is 5.69 Å². The number of rotatable bonds is 4. The van der Waals surface area contributed by atoms with E-state index in [1.54, 1.807) is 46.3 Å². The molecule has 0 spiro atoms. The lowest BCUT2D eigenvalue weighted by Crippen LogP contribution is -2.24. The number of hydrogen-bond donors (Lipinski definition) is 1. The topological polar surface area (TPSA) is 90.0 Å². The van der Waals surface area contributed by atoms with Crippen molar-refractivity contribution >= 4 is 11.6 Å². The Hall–Kier alpha value is -3.55. The second kappa shape index (κ2) is 5.92. The van der Waals surface area contributed by atoms with E-state index in [9.17, 15) is 4.79 Å². The average molecular weight is 319 g/mol. The third-order valence-corrected chi connectivity index (χ3v) is 3.64. The largest absolute Gasteiger partial charge is 0.348 e. The van der Waals surface area contributed by atoms with E-state index in [0.717, 1.165) is 16.9 Å². The molecule has 24 heavy (non-hydrogen) atoms. The van der Waals surface area contributed by atoms with E-state index in [4.69, 9.17) is 0 Å². The smallest absolute Gasteiger partial charge is 0.253 e. The van der Waals surface area contributed by atoms with Crippen LogP contribution in [0.5, 0.6) is 0 Å². The van der Waals surface area contributed by atoms with Crippen molar-refractivity contribution in [3.05, 3.63) is 72.7 Å². The summed E-state index contributed by atoms with van der Waals surface area (Å²) in [6.45, 7) is 0.343. The van der Waals surface area contributed by atoms with Gasteiger partial charge in [0, 0.05) is 24.5 Å². The molecule has 8 heteroatoms. The fraction of sp³-hybridized carbons (Fsp3) is 0.0625. The van der Waals surface area contributed by atoms with Crippen molar-refractivity contribution in [1.82, 2.24) is 34.7 Å². The Bertz CT molecular complexity index is 991. The number of nitrogens with zero attached hydrogens (tertiary/aromatic N) is 6. The first-order valence-corrected chi connectivity index (χ1v) is 7.32. The van der Waals surface area contributed by atoms with Crippen LogP contribution in [0.2, 0.25) is 0 Å². The zero-order valence-corrected chi connectivity index (χ0v) is 12.6. The molecule has 0 saturated heterocycles. The van der Waals surface area contributed by atoms with E-state index in [0.29, 0.717) is 12.1 Å². The fourth-order valence-corrected chi connectivity index (χ4v) is 2.49. The minimum atomic E-state index is -0.186. The van der Waals surface area contributed by atoms with Crippen LogP contribution in [0, 0.1) is 0 Å². The SMILES string of the molecule is O=C(NCc1cnn2cccnc12)c1ccccc1-n1cnnc1. The van der Waals surface area contributed by atoms with Gasteiger partial charge in [-0.05, 0) is 18.2 Å². The fourth-order valence-electron chi connectivity index (χ4n) is 2.49. The third-order valence-electron chi connectivity index (χ3n) is 3.64. The average Bonchev–Trinajstić information content (AvgIpc) is 3.30. The highest BCUT2D eigenvalue weighted by Gasteiger charge is 2.13. The van der Waals surface area contributed by atoms with Gasteiger partial charge in [0.2, 0.25) is 0 Å². The van der Waals surface area contributed by atoms with Gasteiger partial charge < -0.3 is 5.32 Å². The Kier molecular flexibility index (Phi) is 3.47. The van der Waals surface area contributed by atoms with Crippen LogP contribution in [-0.2, 0) is 6.54 Å². The van der Waals surface area contributed by atoms with E-state index in [1.165, 1.54) is 0 Å². The van der Waals surface area contributed by atoms with Gasteiger partial charge in [0.1, 0.15) is 12.7 Å². The molecule has 1 amide bonds. The van der Waals surface area contributed by atoms with Crippen LogP contribution in [0.1, 0.15) is 15.9 Å². The Morgan fingerprint density at radius 1 is 1.12 bits per heavy atom. The molecule has 0 bridgehead atoms. The summed E-state index contributed by atoms with van der Waals surface area (Å²) in [5.74, 6) is -0.186. The zero-order valence-electron chi connectivity index (χ0n) is 12.6. The van der Waals surface area contributed by atoms with Crippen molar-refractivity contribution < 1.29 is 4.79 Å². The van der Waals surface area contributed by atoms with Gasteiger partial charge in [-0.3, -0.25) is 9.36 Å². The maximum absolute atomic E-state index is 12.6. The van der Waals surface area contributed by atoms with Crippen LogP contribution in [-0.4, -0.2) is 35.3 Å². The van der Waals surface area contributed by atoms with Crippen LogP contribution < -0.4 is 5.32 Å². The number of aromatic nitrogens is 6. The first-order chi connectivity index (χ1) is 11.8. The predicted molar refractivity (Wildman–Crippen MR) is 85.5 cm³/mol. The molecule has 1 aromatic carbocycles. The normalized spacial score (nSPS) is 10.8. The first kappa shape index (κ1) is 14.1. The standard InChI is InChI=1S/C16H13N7O/c24-16(13-4-1-2-5-14(13)22-10-19-20-11-22)18-8-12-9-21-23-7-3-6-17-15(12)23/h1-7,9-11H,8H2,(H,18,24). The molecule has 0 unspecified atom stereocenters. The number of carbonyl (C=O) groups excluding carboxylic acids is 1. The van der Waals surface area contributed by atoms with Crippen molar-refractivity contribution in [2.75, 3.05) is 0 Å². The van der Waals surface area contributed by atoms with Gasteiger partial charge in [-0.25, -0.2) is 9.50 Å². The highest BCUT2D eigenvalue weighted by molar-refractivity contribution is 5.97. The van der Waals surface area contributed by atoms with E-state index < -0.39 is 0 Å². The zero-order chi connectivity index (χ0) is 16.4. The van der Waals surface area contributed by atoms with Crippen molar-refractivity contribution in [2.45, 2.75) is 6.54 Å². The number of carbonyl (C=O) groups is 1. The van der Waals surface area contributed by atoms with Crippen LogP contribution in [0.15, 0.2) is 61.6 Å². The second-order valence-electron chi connectivity index (χ2n) is 5.13. The molecular weight excluding hydrogens is 306 g/mol. The highest BCUT2D eigenvalue weighted by atomic mass is 16.1. The quantitative estimate of drug-likeness (QED) is 0.611. The summed E-state index contributed by atoms with van der Waals surface area (Å²) in [5, 5.41) is 14.7. The molecule has 0 atom stereocenters. The van der Waals surface area contributed by atoms with Crippen molar-refractivity contribution in [1.29, 1.82) is 0 Å². The van der Waals surface area contributed by atoms with Gasteiger partial charge in [0.05, 0.1) is 17.4 Å². The molecule has 0 aliphatic rings. The number of nitrogens with one attached hydrogen (secondary N) is 1. The minimum Gasteiger partial charge on any atom is -0.348 e. The van der Waals surface area contributed by atoms with Gasteiger partial charge in [-0.15, -0.1) is 10.2 Å². The molecule has 118 valence electrons. The summed E-state index contributed by atoms with van der Waals surface area (Å²) in [6, 6.07) is 9.09. The third kappa shape index (κ3) is 2.50. The molecule has 1 N–H and O–H groups in total. The molecule has 8 nitrogen and oxygen atoms in total. The lowest BCUT2D eigenvalue weighted by atomic mass is 10.1. The van der Waals surface area contributed by atoms with Crippen molar-refractivity contribution in [2.24, 2.45) is 0 Å². The summed E-state index contributed by atoms with van der Waals surface area (Å²) < 4.78 is 3.37. The first-order valence-electron chi connectivity index (χ1n) is 7.32. The number of fused-ring (bicyclic) bond motifs is 1. The number of hydrogen-bond acceptors (Lipinski definition) is 5. The Morgan fingerprint density at radius 3 is 2.83 bits per heavy atom. The summed E-state index contributed by atoms with van der Waals surface area (Å²) in [5.41, 5.74) is 2.84. The van der Waals surface area contributed by atoms with Crippen LogP contribution in [0.4, 0.5) is 0 Å². The Balaban J connectivity index is 1.57. The molecule has 4 rings (SSSR count). The van der Waals surface area contributed by atoms with Gasteiger partial charge in [-0.1, -0.05) is 12.1 Å².